The Morgan fingerprint density at radius 2 is 1.90 bits per heavy atom. The van der Waals surface area contributed by atoms with Crippen molar-refractivity contribution in [2.45, 2.75) is 12.5 Å². The van der Waals surface area contributed by atoms with Crippen molar-refractivity contribution < 1.29 is 22.7 Å². The third-order valence-corrected chi connectivity index (χ3v) is 7.97. The summed E-state index contributed by atoms with van der Waals surface area (Å²) in [7, 11) is -1.56. The maximum Gasteiger partial charge on any atom is 0.339 e. The van der Waals surface area contributed by atoms with Crippen molar-refractivity contribution in [1.82, 2.24) is 9.88 Å². The van der Waals surface area contributed by atoms with Gasteiger partial charge in [0.25, 0.3) is 5.91 Å². The van der Waals surface area contributed by atoms with Gasteiger partial charge >= 0.3 is 5.97 Å². The normalized spacial score (nSPS) is 17.7. The van der Waals surface area contributed by atoms with Crippen LogP contribution in [0.3, 0.4) is 0 Å². The minimum absolute atomic E-state index is 0.0520. The number of carbonyl (C=O) groups is 2. The highest BCUT2D eigenvalue weighted by molar-refractivity contribution is 7.91. The first-order chi connectivity index (χ1) is 14.3. The molecule has 0 radical (unpaired) electrons. The predicted molar refractivity (Wildman–Crippen MR) is 115 cm³/mol. The van der Waals surface area contributed by atoms with Crippen molar-refractivity contribution in [2.75, 3.05) is 25.2 Å². The van der Waals surface area contributed by atoms with Gasteiger partial charge in [0.05, 0.1) is 27.3 Å². The maximum atomic E-state index is 12.7. The van der Waals surface area contributed by atoms with E-state index in [-0.39, 0.29) is 17.5 Å². The largest absolute Gasteiger partial charge is 0.452 e. The zero-order valence-corrected chi connectivity index (χ0v) is 17.9. The summed E-state index contributed by atoms with van der Waals surface area (Å²) in [5.74, 6) is -1.03. The standard InChI is InChI=1S/C21H20N2O5S2/c1-23(14-10-11-30(26,27)13-14)19(24)12-28-21(25)16-7-3-2-6-15(16)20-22-17-8-4-5-9-18(17)29-20/h2-9,14H,10-13H2,1H3/t14-/m1/s1. The minimum Gasteiger partial charge on any atom is -0.452 e. The number of amides is 1. The Bertz CT molecular complexity index is 1190. The summed E-state index contributed by atoms with van der Waals surface area (Å²) in [6, 6.07) is 14.3. The van der Waals surface area contributed by atoms with Crippen LogP contribution in [0.4, 0.5) is 0 Å². The van der Waals surface area contributed by atoms with Gasteiger partial charge < -0.3 is 9.64 Å². The van der Waals surface area contributed by atoms with Crippen LogP contribution in [0.2, 0.25) is 0 Å². The van der Waals surface area contributed by atoms with Crippen LogP contribution in [-0.2, 0) is 19.4 Å². The highest BCUT2D eigenvalue weighted by Gasteiger charge is 2.33. The van der Waals surface area contributed by atoms with Crippen molar-refractivity contribution in [3.05, 3.63) is 54.1 Å². The van der Waals surface area contributed by atoms with E-state index in [4.69, 9.17) is 4.74 Å². The summed E-state index contributed by atoms with van der Waals surface area (Å²) < 4.78 is 29.5. The Labute approximate surface area is 178 Å². The van der Waals surface area contributed by atoms with Gasteiger partial charge in [-0.2, -0.15) is 0 Å². The van der Waals surface area contributed by atoms with Crippen LogP contribution >= 0.6 is 11.3 Å². The summed E-state index contributed by atoms with van der Waals surface area (Å²) in [5.41, 5.74) is 1.82. The molecule has 1 amide bonds. The van der Waals surface area contributed by atoms with Crippen molar-refractivity contribution in [3.8, 4) is 10.6 Å². The molecule has 4 rings (SSSR count). The first-order valence-electron chi connectivity index (χ1n) is 9.42. The molecule has 0 bridgehead atoms. The molecule has 1 fully saturated rings. The van der Waals surface area contributed by atoms with Crippen molar-refractivity contribution in [2.24, 2.45) is 0 Å². The number of nitrogens with zero attached hydrogens (tertiary/aromatic N) is 2. The van der Waals surface area contributed by atoms with E-state index in [0.717, 1.165) is 10.2 Å². The molecule has 1 aliphatic heterocycles. The van der Waals surface area contributed by atoms with Gasteiger partial charge in [-0.05, 0) is 24.6 Å². The van der Waals surface area contributed by atoms with Gasteiger partial charge in [-0.1, -0.05) is 30.3 Å². The van der Waals surface area contributed by atoms with E-state index in [1.807, 2.05) is 30.3 Å². The number of fused-ring (bicyclic) bond motifs is 1. The second kappa shape index (κ2) is 8.16. The Morgan fingerprint density at radius 1 is 1.17 bits per heavy atom. The second-order valence-corrected chi connectivity index (χ2v) is 10.4. The lowest BCUT2D eigenvalue weighted by atomic mass is 10.1. The molecule has 0 unspecified atom stereocenters. The number of likely N-dealkylation sites (N-methyl/N-ethyl adjacent to an activating group) is 1. The fraction of sp³-hybridized carbons (Fsp3) is 0.286. The molecule has 0 N–H and O–H groups in total. The molecule has 1 saturated heterocycles. The van der Waals surface area contributed by atoms with Gasteiger partial charge in [-0.3, -0.25) is 4.79 Å². The summed E-state index contributed by atoms with van der Waals surface area (Å²) >= 11 is 1.48. The molecule has 156 valence electrons. The van der Waals surface area contributed by atoms with Gasteiger partial charge in [-0.25, -0.2) is 18.2 Å². The molecule has 1 aromatic heterocycles. The first kappa shape index (κ1) is 20.5. The van der Waals surface area contributed by atoms with Crippen LogP contribution in [0.25, 0.3) is 20.8 Å². The van der Waals surface area contributed by atoms with Crippen LogP contribution in [-0.4, -0.2) is 61.4 Å². The van der Waals surface area contributed by atoms with Crippen LogP contribution in [0.5, 0.6) is 0 Å². The van der Waals surface area contributed by atoms with E-state index >= 15 is 0 Å². The van der Waals surface area contributed by atoms with Gasteiger partial charge in [0.1, 0.15) is 5.01 Å². The molecule has 30 heavy (non-hydrogen) atoms. The number of esters is 1. The number of carbonyl (C=O) groups excluding carboxylic acids is 2. The average molecular weight is 445 g/mol. The van der Waals surface area contributed by atoms with Crippen LogP contribution in [0, 0.1) is 0 Å². The van der Waals surface area contributed by atoms with Gasteiger partial charge in [0.2, 0.25) is 0 Å². The lowest BCUT2D eigenvalue weighted by molar-refractivity contribution is -0.134. The number of aromatic nitrogens is 1. The molecule has 1 atom stereocenters. The van der Waals surface area contributed by atoms with E-state index in [9.17, 15) is 18.0 Å². The van der Waals surface area contributed by atoms with Crippen molar-refractivity contribution in [3.63, 3.8) is 0 Å². The lowest BCUT2D eigenvalue weighted by Gasteiger charge is -2.23. The van der Waals surface area contributed by atoms with E-state index in [2.05, 4.69) is 4.98 Å². The highest BCUT2D eigenvalue weighted by Crippen LogP contribution is 2.32. The number of thiazole rings is 1. The lowest BCUT2D eigenvalue weighted by Crippen LogP contribution is -2.40. The number of rotatable bonds is 5. The van der Waals surface area contributed by atoms with E-state index in [1.165, 1.54) is 23.3 Å². The highest BCUT2D eigenvalue weighted by atomic mass is 32.2. The third-order valence-electron chi connectivity index (χ3n) is 5.15. The number of ether oxygens (including phenoxy) is 1. The van der Waals surface area contributed by atoms with Crippen molar-refractivity contribution in [1.29, 1.82) is 0 Å². The number of para-hydroxylation sites is 1. The number of hydrogen-bond acceptors (Lipinski definition) is 7. The molecule has 7 nitrogen and oxygen atoms in total. The zero-order valence-electron chi connectivity index (χ0n) is 16.3. The topological polar surface area (TPSA) is 93.6 Å². The van der Waals surface area contributed by atoms with Gasteiger partial charge in [-0.15, -0.1) is 11.3 Å². The summed E-state index contributed by atoms with van der Waals surface area (Å²) in [6.45, 7) is -0.444. The Hall–Kier alpha value is -2.78. The van der Waals surface area contributed by atoms with E-state index in [0.29, 0.717) is 22.6 Å². The van der Waals surface area contributed by atoms with E-state index in [1.54, 1.807) is 18.2 Å². The van der Waals surface area contributed by atoms with E-state index < -0.39 is 28.3 Å². The van der Waals surface area contributed by atoms with Crippen molar-refractivity contribution >= 4 is 43.3 Å². The first-order valence-corrected chi connectivity index (χ1v) is 12.1. The molecule has 2 aromatic carbocycles. The molecular weight excluding hydrogens is 424 g/mol. The summed E-state index contributed by atoms with van der Waals surface area (Å²) in [6.07, 6.45) is 0.402. The molecule has 9 heteroatoms. The molecule has 2 heterocycles. The molecular formula is C21H20N2O5S2. The Balaban J connectivity index is 1.47. The molecule has 3 aromatic rings. The fourth-order valence-electron chi connectivity index (χ4n) is 3.43. The van der Waals surface area contributed by atoms with Gasteiger partial charge in [0, 0.05) is 18.7 Å². The summed E-state index contributed by atoms with van der Waals surface area (Å²) in [5, 5.41) is 0.698. The molecule has 0 aliphatic carbocycles. The molecule has 0 saturated carbocycles. The van der Waals surface area contributed by atoms with Crippen LogP contribution < -0.4 is 0 Å². The monoisotopic (exact) mass is 444 g/mol. The molecule has 1 aliphatic rings. The smallest absolute Gasteiger partial charge is 0.339 e. The average Bonchev–Trinajstić information content (AvgIpc) is 3.34. The minimum atomic E-state index is -3.10. The third kappa shape index (κ3) is 4.22. The maximum absolute atomic E-state index is 12.7. The predicted octanol–water partition coefficient (Wildman–Crippen LogP) is 2.77. The SMILES string of the molecule is CN(C(=O)COC(=O)c1ccccc1-c1nc2ccccc2s1)[C@@H]1CCS(=O)(=O)C1. The van der Waals surface area contributed by atoms with Crippen LogP contribution in [0.1, 0.15) is 16.8 Å². The van der Waals surface area contributed by atoms with Crippen LogP contribution in [0.15, 0.2) is 48.5 Å². The fourth-order valence-corrected chi connectivity index (χ4v) is 6.21. The quantitative estimate of drug-likeness (QED) is 0.562. The number of benzene rings is 2. The second-order valence-electron chi connectivity index (χ2n) is 7.17. The molecule has 0 spiro atoms. The number of sulfone groups is 1. The zero-order chi connectivity index (χ0) is 21.3. The Kier molecular flexibility index (Phi) is 5.57. The Morgan fingerprint density at radius 3 is 2.63 bits per heavy atom. The summed E-state index contributed by atoms with van der Waals surface area (Å²) in [4.78, 5) is 31.0. The number of hydrogen-bond donors (Lipinski definition) is 0. The van der Waals surface area contributed by atoms with Gasteiger partial charge in [0.15, 0.2) is 16.4 Å².